The lowest BCUT2D eigenvalue weighted by Gasteiger charge is -2.10. The summed E-state index contributed by atoms with van der Waals surface area (Å²) in [6.45, 7) is 2.61. The van der Waals surface area contributed by atoms with Gasteiger partial charge >= 0.3 is 5.97 Å². The van der Waals surface area contributed by atoms with Crippen LogP contribution in [-0.4, -0.2) is 25.6 Å². The molecule has 0 unspecified atom stereocenters. The van der Waals surface area contributed by atoms with Crippen molar-refractivity contribution in [2.45, 2.75) is 32.6 Å². The van der Waals surface area contributed by atoms with Gasteiger partial charge in [-0.1, -0.05) is 37.5 Å². The molecule has 32 heavy (non-hydrogen) atoms. The Morgan fingerprint density at radius 3 is 2.62 bits per heavy atom. The van der Waals surface area contributed by atoms with Gasteiger partial charge in [-0.25, -0.2) is 4.79 Å². The quantitative estimate of drug-likeness (QED) is 0.249. The zero-order valence-electron chi connectivity index (χ0n) is 18.4. The molecule has 1 amide bonds. The summed E-state index contributed by atoms with van der Waals surface area (Å²) < 4.78 is 11.1. The third-order valence-corrected chi connectivity index (χ3v) is 4.39. The highest BCUT2D eigenvalue weighted by Gasteiger charge is 2.12. The highest BCUT2D eigenvalue weighted by Crippen LogP contribution is 2.28. The van der Waals surface area contributed by atoms with E-state index >= 15 is 0 Å². The van der Waals surface area contributed by atoms with Crippen LogP contribution in [0.4, 0.5) is 5.69 Å². The van der Waals surface area contributed by atoms with Gasteiger partial charge in [0.1, 0.15) is 0 Å². The summed E-state index contributed by atoms with van der Waals surface area (Å²) in [5.74, 6) is 11.2. The predicted molar refractivity (Wildman–Crippen MR) is 124 cm³/mol. The Morgan fingerprint density at radius 1 is 1.09 bits per heavy atom. The number of nitrogens with two attached hydrogens (primary N) is 1. The first-order valence-electron chi connectivity index (χ1n) is 10.3. The Kier molecular flexibility index (Phi) is 10.4. The maximum atomic E-state index is 12.3. The summed E-state index contributed by atoms with van der Waals surface area (Å²) in [6.07, 6.45) is 6.80. The van der Waals surface area contributed by atoms with Gasteiger partial charge in [-0.15, -0.1) is 5.92 Å². The van der Waals surface area contributed by atoms with Crippen LogP contribution in [0, 0.1) is 11.8 Å². The summed E-state index contributed by atoms with van der Waals surface area (Å²) >= 11 is 0. The minimum Gasteiger partial charge on any atom is -0.493 e. The molecule has 0 radical (unpaired) electrons. The largest absolute Gasteiger partial charge is 0.493 e. The first kappa shape index (κ1) is 24.5. The van der Waals surface area contributed by atoms with Crippen molar-refractivity contribution in [1.82, 2.24) is 0 Å². The Hall–Kier alpha value is -3.76. The lowest BCUT2D eigenvalue weighted by Crippen LogP contribution is -2.15. The second-order valence-corrected chi connectivity index (χ2v) is 6.74. The second-order valence-electron chi connectivity index (χ2n) is 6.74. The van der Waals surface area contributed by atoms with Crippen molar-refractivity contribution >= 4 is 23.6 Å². The van der Waals surface area contributed by atoms with Gasteiger partial charge in [0.25, 0.3) is 0 Å². The Balaban J connectivity index is 1.97. The fourth-order valence-electron chi connectivity index (χ4n) is 2.74. The number of nitrogens with one attached hydrogen (secondary N) is 1. The number of hydrogen-bond donors (Lipinski definition) is 2. The SMILES string of the molecule is CCCCC#CCCOc1ccc(/C=C/C(=O)Nc2ccccc2C(=O)ON)cc1OC. The summed E-state index contributed by atoms with van der Waals surface area (Å²) in [7, 11) is 1.56. The zero-order chi connectivity index (χ0) is 23.2. The first-order valence-corrected chi connectivity index (χ1v) is 10.3. The molecule has 168 valence electrons. The van der Waals surface area contributed by atoms with E-state index in [-0.39, 0.29) is 5.56 Å². The number of methoxy groups -OCH3 is 1. The number of amides is 1. The van der Waals surface area contributed by atoms with Crippen molar-refractivity contribution in [3.05, 3.63) is 59.7 Å². The van der Waals surface area contributed by atoms with Gasteiger partial charge in [-0.05, 0) is 42.3 Å². The van der Waals surface area contributed by atoms with E-state index in [0.29, 0.717) is 30.2 Å². The first-order chi connectivity index (χ1) is 15.6. The van der Waals surface area contributed by atoms with Crippen LogP contribution in [0.1, 0.15) is 48.5 Å². The van der Waals surface area contributed by atoms with Crippen molar-refractivity contribution in [3.8, 4) is 23.3 Å². The molecule has 0 bridgehead atoms. The molecular formula is C25H28N2O5. The van der Waals surface area contributed by atoms with Gasteiger partial charge in [0, 0.05) is 18.9 Å². The minimum absolute atomic E-state index is 0.162. The minimum atomic E-state index is -0.739. The van der Waals surface area contributed by atoms with Crippen LogP contribution >= 0.6 is 0 Å². The van der Waals surface area contributed by atoms with Crippen LogP contribution in [-0.2, 0) is 9.63 Å². The molecular weight excluding hydrogens is 408 g/mol. The molecule has 0 aliphatic heterocycles. The number of para-hydroxylation sites is 1. The van der Waals surface area contributed by atoms with Crippen LogP contribution in [0.3, 0.4) is 0 Å². The fraction of sp³-hybridized carbons (Fsp3) is 0.280. The normalized spacial score (nSPS) is 10.2. The monoisotopic (exact) mass is 436 g/mol. The number of carbonyl (C=O) groups is 2. The topological polar surface area (TPSA) is 99.9 Å². The molecule has 0 aliphatic rings. The molecule has 0 aliphatic carbocycles. The molecule has 0 heterocycles. The maximum absolute atomic E-state index is 12.3. The average molecular weight is 437 g/mol. The summed E-state index contributed by atoms with van der Waals surface area (Å²) in [5, 5.41) is 2.64. The van der Waals surface area contributed by atoms with Gasteiger partial charge in [0.2, 0.25) is 5.91 Å². The molecule has 0 fully saturated rings. The maximum Gasteiger partial charge on any atom is 0.358 e. The molecule has 7 nitrogen and oxygen atoms in total. The van der Waals surface area contributed by atoms with Gasteiger partial charge in [-0.3, -0.25) is 4.79 Å². The summed E-state index contributed by atoms with van der Waals surface area (Å²) in [5.41, 5.74) is 1.21. The third kappa shape index (κ3) is 7.82. The van der Waals surface area contributed by atoms with E-state index in [2.05, 4.69) is 28.9 Å². The van der Waals surface area contributed by atoms with E-state index in [1.54, 1.807) is 43.5 Å². The van der Waals surface area contributed by atoms with Crippen LogP contribution < -0.4 is 20.7 Å². The molecule has 0 saturated carbocycles. The standard InChI is InChI=1S/C25H28N2O5/c1-3-4-5-6-7-10-17-31-22-15-13-19(18-23(22)30-2)14-16-24(28)27-21-12-9-8-11-20(21)25(29)32-26/h8-9,11-16,18H,3-5,10,17,26H2,1-2H3,(H,27,28)/b16-14+. The molecule has 0 spiro atoms. The molecule has 3 N–H and O–H groups in total. The molecule has 0 aromatic heterocycles. The van der Waals surface area contributed by atoms with Crippen LogP contribution in [0.2, 0.25) is 0 Å². The number of unbranched alkanes of at least 4 members (excludes halogenated alkanes) is 2. The van der Waals surface area contributed by atoms with Crippen molar-refractivity contribution in [2.24, 2.45) is 5.90 Å². The lowest BCUT2D eigenvalue weighted by atomic mass is 10.1. The molecule has 0 atom stereocenters. The third-order valence-electron chi connectivity index (χ3n) is 4.39. The molecule has 7 heteroatoms. The Labute approximate surface area is 188 Å². The number of anilines is 1. The van der Waals surface area contributed by atoms with E-state index in [0.717, 1.165) is 24.8 Å². The Morgan fingerprint density at radius 2 is 1.88 bits per heavy atom. The van der Waals surface area contributed by atoms with Crippen molar-refractivity contribution in [2.75, 3.05) is 19.0 Å². The van der Waals surface area contributed by atoms with Crippen LogP contribution in [0.15, 0.2) is 48.5 Å². The summed E-state index contributed by atoms with van der Waals surface area (Å²) in [6, 6.07) is 11.8. The van der Waals surface area contributed by atoms with Gasteiger partial charge in [0.15, 0.2) is 11.5 Å². The van der Waals surface area contributed by atoms with E-state index in [9.17, 15) is 9.59 Å². The van der Waals surface area contributed by atoms with Gasteiger partial charge in [0.05, 0.1) is 25.0 Å². The smallest absolute Gasteiger partial charge is 0.358 e. The van der Waals surface area contributed by atoms with Crippen molar-refractivity contribution in [3.63, 3.8) is 0 Å². The lowest BCUT2D eigenvalue weighted by molar-refractivity contribution is -0.111. The average Bonchev–Trinajstić information content (AvgIpc) is 2.82. The van der Waals surface area contributed by atoms with Crippen molar-refractivity contribution in [1.29, 1.82) is 0 Å². The van der Waals surface area contributed by atoms with Crippen LogP contribution in [0.25, 0.3) is 6.08 Å². The Bertz CT molecular complexity index is 1000. The fourth-order valence-corrected chi connectivity index (χ4v) is 2.74. The number of hydrogen-bond acceptors (Lipinski definition) is 6. The molecule has 2 rings (SSSR count). The number of carbonyl (C=O) groups excluding carboxylic acids is 2. The number of benzene rings is 2. The van der Waals surface area contributed by atoms with Crippen molar-refractivity contribution < 1.29 is 23.9 Å². The molecule has 2 aromatic rings. The van der Waals surface area contributed by atoms with Gasteiger partial charge < -0.3 is 19.6 Å². The molecule has 2 aromatic carbocycles. The van der Waals surface area contributed by atoms with E-state index < -0.39 is 11.9 Å². The highest BCUT2D eigenvalue weighted by atomic mass is 16.7. The second kappa shape index (κ2) is 13.5. The number of rotatable bonds is 10. The zero-order valence-corrected chi connectivity index (χ0v) is 18.4. The number of ether oxygens (including phenoxy) is 2. The molecule has 0 saturated heterocycles. The van der Waals surface area contributed by atoms with E-state index in [1.165, 1.54) is 12.1 Å². The summed E-state index contributed by atoms with van der Waals surface area (Å²) in [4.78, 5) is 28.2. The highest BCUT2D eigenvalue weighted by molar-refractivity contribution is 6.06. The predicted octanol–water partition coefficient (Wildman–Crippen LogP) is 4.34. The van der Waals surface area contributed by atoms with Crippen LogP contribution in [0.5, 0.6) is 11.5 Å². The van der Waals surface area contributed by atoms with E-state index in [4.69, 9.17) is 15.4 Å². The van der Waals surface area contributed by atoms with Gasteiger partial charge in [-0.2, -0.15) is 5.90 Å². The van der Waals surface area contributed by atoms with E-state index in [1.807, 2.05) is 6.07 Å².